The number of hydrogen-bond donors (Lipinski definition) is 0. The number of ether oxygens (including phenoxy) is 1. The maximum Gasteiger partial charge on any atom is 0.306 e. The number of carbonyl (C=O) groups excluding carboxylic acids is 1. The number of esters is 1. The minimum Gasteiger partial charge on any atom is -0.458 e. The molecule has 2 rings (SSSR count). The van der Waals surface area contributed by atoms with Crippen molar-refractivity contribution in [1.29, 1.82) is 0 Å². The highest BCUT2D eigenvalue weighted by atomic mass is 16.5. The highest BCUT2D eigenvalue weighted by Crippen LogP contribution is 2.17. The molecule has 2 aromatic rings. The third-order valence-corrected chi connectivity index (χ3v) is 3.27. The molecule has 0 fully saturated rings. The molecule has 2 aromatic carbocycles. The number of rotatable bonds is 6. The van der Waals surface area contributed by atoms with Crippen LogP contribution in [0.5, 0.6) is 0 Å². The van der Waals surface area contributed by atoms with Gasteiger partial charge in [0.25, 0.3) is 0 Å². The molecule has 0 saturated heterocycles. The van der Waals surface area contributed by atoms with E-state index in [2.05, 4.69) is 12.1 Å². The number of carbonyl (C=O) groups is 1. The molecule has 20 heavy (non-hydrogen) atoms. The van der Waals surface area contributed by atoms with Gasteiger partial charge in [0.15, 0.2) is 0 Å². The van der Waals surface area contributed by atoms with Gasteiger partial charge in [-0.25, -0.2) is 0 Å². The van der Waals surface area contributed by atoms with Crippen molar-refractivity contribution in [3.8, 4) is 0 Å². The lowest BCUT2D eigenvalue weighted by molar-refractivity contribution is -0.148. The predicted molar refractivity (Wildman–Crippen MR) is 80.3 cm³/mol. The number of hydrogen-bond acceptors (Lipinski definition) is 2. The first-order valence-electron chi connectivity index (χ1n) is 7.04. The first kappa shape index (κ1) is 14.3. The summed E-state index contributed by atoms with van der Waals surface area (Å²) >= 11 is 0. The molecular formula is C18H20O2. The van der Waals surface area contributed by atoms with E-state index >= 15 is 0 Å². The average Bonchev–Trinajstić information content (AvgIpc) is 2.49. The summed E-state index contributed by atoms with van der Waals surface area (Å²) in [6.07, 6.45) is 2.02. The summed E-state index contributed by atoms with van der Waals surface area (Å²) in [5, 5.41) is 0. The van der Waals surface area contributed by atoms with Crippen LogP contribution in [0.25, 0.3) is 0 Å². The van der Waals surface area contributed by atoms with Crippen molar-refractivity contribution >= 4 is 5.97 Å². The topological polar surface area (TPSA) is 26.3 Å². The van der Waals surface area contributed by atoms with Crippen LogP contribution in [0.2, 0.25) is 0 Å². The van der Waals surface area contributed by atoms with Crippen molar-refractivity contribution in [3.63, 3.8) is 0 Å². The molecule has 2 nitrogen and oxygen atoms in total. The van der Waals surface area contributed by atoms with E-state index in [1.807, 2.05) is 55.5 Å². The molecule has 1 atom stereocenters. The monoisotopic (exact) mass is 268 g/mol. The van der Waals surface area contributed by atoms with Gasteiger partial charge in [-0.1, -0.05) is 60.7 Å². The van der Waals surface area contributed by atoms with Gasteiger partial charge in [0, 0.05) is 6.42 Å². The van der Waals surface area contributed by atoms with Gasteiger partial charge in [0.05, 0.1) is 0 Å². The third-order valence-electron chi connectivity index (χ3n) is 3.27. The van der Waals surface area contributed by atoms with Crippen molar-refractivity contribution in [2.24, 2.45) is 0 Å². The molecule has 0 aliphatic carbocycles. The summed E-state index contributed by atoms with van der Waals surface area (Å²) in [7, 11) is 0. The Morgan fingerprint density at radius 1 is 1.00 bits per heavy atom. The molecule has 0 bridgehead atoms. The van der Waals surface area contributed by atoms with Gasteiger partial charge in [0.2, 0.25) is 0 Å². The van der Waals surface area contributed by atoms with E-state index in [0.29, 0.717) is 6.42 Å². The highest BCUT2D eigenvalue weighted by molar-refractivity contribution is 5.69. The van der Waals surface area contributed by atoms with Crippen LogP contribution < -0.4 is 0 Å². The molecule has 0 saturated carbocycles. The van der Waals surface area contributed by atoms with Crippen LogP contribution in [0.3, 0.4) is 0 Å². The van der Waals surface area contributed by atoms with Crippen molar-refractivity contribution in [2.45, 2.75) is 32.3 Å². The van der Waals surface area contributed by atoms with Gasteiger partial charge < -0.3 is 4.74 Å². The van der Waals surface area contributed by atoms with Gasteiger partial charge in [-0.05, 0) is 30.9 Å². The van der Waals surface area contributed by atoms with Crippen LogP contribution in [-0.4, -0.2) is 5.97 Å². The Kier molecular flexibility index (Phi) is 5.36. The van der Waals surface area contributed by atoms with Gasteiger partial charge >= 0.3 is 5.97 Å². The summed E-state index contributed by atoms with van der Waals surface area (Å²) in [5.41, 5.74) is 2.29. The van der Waals surface area contributed by atoms with E-state index in [-0.39, 0.29) is 12.1 Å². The lowest BCUT2D eigenvalue weighted by Crippen LogP contribution is -2.08. The Morgan fingerprint density at radius 3 is 2.25 bits per heavy atom. The maximum atomic E-state index is 11.8. The Morgan fingerprint density at radius 2 is 1.60 bits per heavy atom. The lowest BCUT2D eigenvalue weighted by atomic mass is 10.1. The SMILES string of the molecule is C[C@H](OC(=O)CCCc1ccccc1)c1ccccc1. The summed E-state index contributed by atoms with van der Waals surface area (Å²) in [4.78, 5) is 11.8. The standard InChI is InChI=1S/C18H20O2/c1-15(17-12-6-3-7-13-17)20-18(19)14-8-11-16-9-4-2-5-10-16/h2-7,9-10,12-13,15H,8,11,14H2,1H3/t15-/m0/s1. The lowest BCUT2D eigenvalue weighted by Gasteiger charge is -2.13. The van der Waals surface area contributed by atoms with Crippen molar-refractivity contribution in [1.82, 2.24) is 0 Å². The van der Waals surface area contributed by atoms with Gasteiger partial charge in [0.1, 0.15) is 6.10 Å². The first-order chi connectivity index (χ1) is 9.75. The normalized spacial score (nSPS) is 11.8. The van der Waals surface area contributed by atoms with Gasteiger partial charge in [-0.2, -0.15) is 0 Å². The van der Waals surface area contributed by atoms with E-state index < -0.39 is 0 Å². The fraction of sp³-hybridized carbons (Fsp3) is 0.278. The van der Waals surface area contributed by atoms with Crippen molar-refractivity contribution in [3.05, 3.63) is 71.8 Å². The van der Waals surface area contributed by atoms with Crippen LogP contribution in [0, 0.1) is 0 Å². The molecule has 2 heteroatoms. The van der Waals surface area contributed by atoms with Crippen LogP contribution >= 0.6 is 0 Å². The van der Waals surface area contributed by atoms with E-state index in [4.69, 9.17) is 4.74 Å². The molecule has 0 spiro atoms. The average molecular weight is 268 g/mol. The molecule has 0 heterocycles. The van der Waals surface area contributed by atoms with Gasteiger partial charge in [-0.3, -0.25) is 4.79 Å². The molecular weight excluding hydrogens is 248 g/mol. The Hall–Kier alpha value is -2.09. The fourth-order valence-electron chi connectivity index (χ4n) is 2.13. The Balaban J connectivity index is 1.73. The second-order valence-corrected chi connectivity index (χ2v) is 4.88. The molecule has 0 unspecified atom stereocenters. The maximum absolute atomic E-state index is 11.8. The Bertz CT molecular complexity index is 520. The molecule has 0 amide bonds. The highest BCUT2D eigenvalue weighted by Gasteiger charge is 2.10. The fourth-order valence-corrected chi connectivity index (χ4v) is 2.13. The zero-order valence-electron chi connectivity index (χ0n) is 11.8. The van der Waals surface area contributed by atoms with E-state index in [9.17, 15) is 4.79 Å². The summed E-state index contributed by atoms with van der Waals surface area (Å²) in [6.45, 7) is 1.91. The van der Waals surface area contributed by atoms with Crippen LogP contribution in [0.4, 0.5) is 0 Å². The van der Waals surface area contributed by atoms with Crippen LogP contribution in [-0.2, 0) is 16.0 Å². The summed E-state index contributed by atoms with van der Waals surface area (Å²) in [5.74, 6) is -0.128. The first-order valence-corrected chi connectivity index (χ1v) is 7.04. The van der Waals surface area contributed by atoms with Crippen LogP contribution in [0.15, 0.2) is 60.7 Å². The summed E-state index contributed by atoms with van der Waals surface area (Å²) in [6, 6.07) is 20.0. The van der Waals surface area contributed by atoms with E-state index in [1.165, 1.54) is 5.56 Å². The minimum absolute atomic E-state index is 0.128. The molecule has 0 N–H and O–H groups in total. The molecule has 104 valence electrons. The predicted octanol–water partition coefficient (Wildman–Crippen LogP) is 4.31. The van der Waals surface area contributed by atoms with Crippen molar-refractivity contribution < 1.29 is 9.53 Å². The smallest absolute Gasteiger partial charge is 0.306 e. The van der Waals surface area contributed by atoms with E-state index in [0.717, 1.165) is 18.4 Å². The largest absolute Gasteiger partial charge is 0.458 e. The zero-order valence-corrected chi connectivity index (χ0v) is 11.8. The molecule has 0 aromatic heterocycles. The second kappa shape index (κ2) is 7.49. The molecule has 0 radical (unpaired) electrons. The van der Waals surface area contributed by atoms with Crippen LogP contribution in [0.1, 0.15) is 37.0 Å². The molecule has 0 aliphatic heterocycles. The zero-order chi connectivity index (χ0) is 14.2. The minimum atomic E-state index is -0.180. The second-order valence-electron chi connectivity index (χ2n) is 4.88. The van der Waals surface area contributed by atoms with Gasteiger partial charge in [-0.15, -0.1) is 0 Å². The number of aryl methyl sites for hydroxylation is 1. The van der Waals surface area contributed by atoms with E-state index in [1.54, 1.807) is 0 Å². The Labute approximate surface area is 120 Å². The quantitative estimate of drug-likeness (QED) is 0.729. The number of benzene rings is 2. The summed E-state index contributed by atoms with van der Waals surface area (Å²) < 4.78 is 5.44. The molecule has 0 aliphatic rings. The third kappa shape index (κ3) is 4.54. The van der Waals surface area contributed by atoms with Crippen molar-refractivity contribution in [2.75, 3.05) is 0 Å².